The number of hydrogen-bond acceptors (Lipinski definition) is 15. The number of H-pyrrole nitrogens is 1. The Hall–Kier alpha value is -7.58. The number of phenols is 1. The van der Waals surface area contributed by atoms with Gasteiger partial charge in [0.05, 0.1) is 18.8 Å². The fourth-order valence-electron chi connectivity index (χ4n) is 8.93. The average Bonchev–Trinajstić information content (AvgIpc) is 4.21. The lowest BCUT2D eigenvalue weighted by atomic mass is 10.0. The highest BCUT2D eigenvalue weighted by molar-refractivity contribution is 7.80. The lowest BCUT2D eigenvalue weighted by Crippen LogP contribution is -2.60. The van der Waals surface area contributed by atoms with Crippen LogP contribution in [0.2, 0.25) is 0 Å². The lowest BCUT2D eigenvalue weighted by Gasteiger charge is -2.33. The van der Waals surface area contributed by atoms with Gasteiger partial charge in [-0.05, 0) is 81.7 Å². The minimum Gasteiger partial charge on any atom is -0.508 e. The Bertz CT molecular complexity index is 2500. The monoisotopic (exact) mass is 1080 g/mol. The van der Waals surface area contributed by atoms with Gasteiger partial charge in [0, 0.05) is 50.0 Å². The van der Waals surface area contributed by atoms with Crippen LogP contribution in [0.4, 0.5) is 0 Å². The van der Waals surface area contributed by atoms with Gasteiger partial charge in [-0.2, -0.15) is 12.6 Å². The summed E-state index contributed by atoms with van der Waals surface area (Å²) in [5, 5.41) is 45.0. The van der Waals surface area contributed by atoms with Crippen molar-refractivity contribution in [3.63, 3.8) is 0 Å². The van der Waals surface area contributed by atoms with Crippen LogP contribution in [0.3, 0.4) is 0 Å². The molecule has 0 saturated carbocycles. The summed E-state index contributed by atoms with van der Waals surface area (Å²) in [7, 11) is 0. The summed E-state index contributed by atoms with van der Waals surface area (Å²) < 4.78 is 0. The van der Waals surface area contributed by atoms with Crippen molar-refractivity contribution in [2.75, 3.05) is 25.4 Å². The number of amides is 8. The first-order chi connectivity index (χ1) is 36.3. The van der Waals surface area contributed by atoms with Crippen LogP contribution in [0.5, 0.6) is 5.75 Å². The molecule has 2 saturated heterocycles. The molecule has 3 heterocycles. The predicted octanol–water partition coefficient (Wildman–Crippen LogP) is -2.00. The van der Waals surface area contributed by atoms with Crippen molar-refractivity contribution in [1.29, 1.82) is 0 Å². The minimum atomic E-state index is -1.75. The molecular weight excluding hydrogens is 1010 g/mol. The number of carbonyl (C=O) groups excluding carboxylic acids is 8. The Kier molecular flexibility index (Phi) is 22.6. The second-order valence-corrected chi connectivity index (χ2v) is 19.1. The smallest absolute Gasteiger partial charge is 0.327 e. The highest BCUT2D eigenvalue weighted by Gasteiger charge is 2.45. The Balaban J connectivity index is 1.34. The fourth-order valence-corrected chi connectivity index (χ4v) is 9.17. The largest absolute Gasteiger partial charge is 0.508 e. The van der Waals surface area contributed by atoms with Gasteiger partial charge in [-0.25, -0.2) is 9.78 Å². The van der Waals surface area contributed by atoms with E-state index in [1.54, 1.807) is 30.3 Å². The molecule has 8 amide bonds. The zero-order valence-corrected chi connectivity index (χ0v) is 42.9. The van der Waals surface area contributed by atoms with Gasteiger partial charge in [0.25, 0.3) is 0 Å². The highest BCUT2D eigenvalue weighted by Crippen LogP contribution is 2.26. The molecule has 14 N–H and O–H groups in total. The third-order valence-corrected chi connectivity index (χ3v) is 13.3. The highest BCUT2D eigenvalue weighted by atomic mass is 32.1. The maximum absolute atomic E-state index is 14.5. The number of benzene rings is 2. The van der Waals surface area contributed by atoms with Crippen LogP contribution in [-0.2, 0) is 67.2 Å². The number of imidazole rings is 1. The molecule has 1 aromatic heterocycles. The number of aliphatic carboxylic acids is 2. The average molecular weight is 1080 g/mol. The molecule has 0 radical (unpaired) electrons. The number of carbonyl (C=O) groups is 10. The zero-order chi connectivity index (χ0) is 55.5. The van der Waals surface area contributed by atoms with Crippen molar-refractivity contribution >= 4 is 71.8 Å². The van der Waals surface area contributed by atoms with E-state index < -0.39 is 120 Å². The second-order valence-electron chi connectivity index (χ2n) is 18.8. The first-order valence-corrected chi connectivity index (χ1v) is 25.7. The van der Waals surface area contributed by atoms with Crippen LogP contribution in [0, 0.1) is 0 Å². The van der Waals surface area contributed by atoms with E-state index in [1.807, 2.05) is 0 Å². The summed E-state index contributed by atoms with van der Waals surface area (Å²) >= 11 is 4.02. The van der Waals surface area contributed by atoms with Crippen LogP contribution in [0.1, 0.15) is 75.1 Å². The van der Waals surface area contributed by atoms with E-state index in [0.29, 0.717) is 36.1 Å². The lowest BCUT2D eigenvalue weighted by molar-refractivity contribution is -0.150. The van der Waals surface area contributed by atoms with Crippen LogP contribution in [-0.4, -0.2) is 174 Å². The number of carboxylic acid groups (broad SMARTS) is 2. The third-order valence-electron chi connectivity index (χ3n) is 13.0. The normalized spacial score (nSPS) is 17.9. The number of aromatic amines is 1. The fraction of sp³-hybridized carbons (Fsp3) is 0.500. The standard InChI is InChI=1S/C50H68N12O13S/c1-28(52)42(66)56-36(23-31-25-53-27-54-31)46(70)57-34(22-30-14-16-32(63)17-15-30)44(68)55-33(11-5-6-18-51)43(67)59-37(24-41(64)65)48(72)62-20-8-13-40(62)49(73)61-19-7-12-39(61)47(71)58-35(21-29-9-3-2-4-10-29)45(69)60-38(26-76)50(74)75/h2-4,9-10,14-17,25,27-28,33-40,63,76H,5-8,11-13,18-24,26,51-52H2,1H3,(H,53,54)(H,55,68)(H,56,66)(H,57,70)(H,58,71)(H,59,67)(H,60,69)(H,64,65)(H,74,75)/t28-,33-,34-,35-,36-,37-,38-,39-,40-/m0/s1. The van der Waals surface area contributed by atoms with Crippen LogP contribution >= 0.6 is 12.6 Å². The van der Waals surface area contributed by atoms with Crippen LogP contribution in [0.25, 0.3) is 0 Å². The number of aromatic nitrogens is 2. The molecule has 26 heteroatoms. The number of hydrogen-bond donors (Lipinski definition) is 13. The van der Waals surface area contributed by atoms with E-state index in [1.165, 1.54) is 48.6 Å². The molecule has 2 fully saturated rings. The molecule has 2 aliphatic heterocycles. The number of rotatable bonds is 28. The Labute approximate surface area is 443 Å². The Morgan fingerprint density at radius 2 is 1.22 bits per heavy atom. The molecule has 0 bridgehead atoms. The molecule has 9 atom stereocenters. The van der Waals surface area contributed by atoms with Gasteiger partial charge in [-0.3, -0.25) is 43.2 Å². The summed E-state index contributed by atoms with van der Waals surface area (Å²) in [4.78, 5) is 145. The second kappa shape index (κ2) is 28.9. The number of nitrogens with zero attached hydrogens (tertiary/aromatic N) is 3. The summed E-state index contributed by atoms with van der Waals surface area (Å²) in [6.07, 6.45) is 3.25. The van der Waals surface area contributed by atoms with Gasteiger partial charge in [0.2, 0.25) is 47.3 Å². The van der Waals surface area contributed by atoms with E-state index in [2.05, 4.69) is 54.5 Å². The molecule has 25 nitrogen and oxygen atoms in total. The summed E-state index contributed by atoms with van der Waals surface area (Å²) in [6, 6.07) is 2.71. The molecule has 0 unspecified atom stereocenters. The molecular formula is C50H68N12O13S. The number of nitrogens with two attached hydrogens (primary N) is 2. The van der Waals surface area contributed by atoms with Crippen molar-refractivity contribution in [1.82, 2.24) is 51.7 Å². The van der Waals surface area contributed by atoms with Crippen molar-refractivity contribution in [3.8, 4) is 5.75 Å². The van der Waals surface area contributed by atoms with Crippen molar-refractivity contribution in [2.45, 2.75) is 132 Å². The zero-order valence-electron chi connectivity index (χ0n) is 42.0. The van der Waals surface area contributed by atoms with E-state index in [4.69, 9.17) is 11.5 Å². The SMILES string of the molecule is C[C@H](N)C(=O)N[C@@H](Cc1cnc[nH]1)C(=O)N[C@@H](Cc1ccc(O)cc1)C(=O)N[C@@H](CCCCN)C(=O)N[C@@H](CC(=O)O)C(=O)N1CCC[C@H]1C(=O)N1CCC[C@H]1C(=O)N[C@@H](Cc1ccccc1)C(=O)N[C@@H](CS)C(=O)O. The number of aromatic hydroxyl groups is 1. The molecule has 2 aliphatic rings. The van der Waals surface area contributed by atoms with Crippen molar-refractivity contribution in [3.05, 3.63) is 83.9 Å². The van der Waals surface area contributed by atoms with Crippen molar-refractivity contribution in [2.24, 2.45) is 11.5 Å². The van der Waals surface area contributed by atoms with Gasteiger partial charge < -0.3 is 73.5 Å². The van der Waals surface area contributed by atoms with E-state index >= 15 is 0 Å². The van der Waals surface area contributed by atoms with E-state index in [9.17, 15) is 63.3 Å². The van der Waals surface area contributed by atoms with Crippen LogP contribution in [0.15, 0.2) is 67.1 Å². The number of nitrogens with one attached hydrogen (secondary N) is 7. The summed E-state index contributed by atoms with van der Waals surface area (Å²) in [5.41, 5.74) is 13.1. The van der Waals surface area contributed by atoms with Gasteiger partial charge in [0.1, 0.15) is 54.1 Å². The number of phenolic OH excluding ortho intramolecular Hbond substituents is 1. The number of likely N-dealkylation sites (tertiary alicyclic amines) is 2. The summed E-state index contributed by atoms with van der Waals surface area (Å²) in [6.45, 7) is 1.73. The molecule has 3 aromatic rings. The molecule has 5 rings (SSSR count). The first-order valence-electron chi connectivity index (χ1n) is 25.0. The number of thiol groups is 1. The third kappa shape index (κ3) is 17.2. The van der Waals surface area contributed by atoms with Gasteiger partial charge in [-0.1, -0.05) is 42.5 Å². The quantitative estimate of drug-likeness (QED) is 0.0276. The minimum absolute atomic E-state index is 0.0115. The summed E-state index contributed by atoms with van der Waals surface area (Å²) in [5.74, 6) is -9.41. The maximum Gasteiger partial charge on any atom is 0.327 e. The Morgan fingerprint density at radius 3 is 1.80 bits per heavy atom. The van der Waals surface area contributed by atoms with E-state index in [0.717, 1.165) is 4.90 Å². The van der Waals surface area contributed by atoms with E-state index in [-0.39, 0.29) is 76.1 Å². The van der Waals surface area contributed by atoms with Gasteiger partial charge in [-0.15, -0.1) is 0 Å². The first kappa shape index (κ1) is 59.3. The molecule has 0 aliphatic carbocycles. The predicted molar refractivity (Wildman–Crippen MR) is 276 cm³/mol. The van der Waals surface area contributed by atoms with Gasteiger partial charge >= 0.3 is 11.9 Å². The van der Waals surface area contributed by atoms with Crippen molar-refractivity contribution < 1.29 is 63.3 Å². The van der Waals surface area contributed by atoms with Gasteiger partial charge in [0.15, 0.2) is 0 Å². The molecule has 0 spiro atoms. The molecule has 2 aromatic carbocycles. The molecule has 76 heavy (non-hydrogen) atoms. The van der Waals surface area contributed by atoms with Crippen LogP contribution < -0.4 is 43.4 Å². The number of unbranched alkanes of at least 4 members (excludes halogenated alkanes) is 1. The number of carboxylic acids is 2. The topological polar surface area (TPSA) is 391 Å². The molecule has 412 valence electrons. The Morgan fingerprint density at radius 1 is 0.684 bits per heavy atom. The maximum atomic E-state index is 14.5.